The van der Waals surface area contributed by atoms with Gasteiger partial charge in [0.1, 0.15) is 5.69 Å². The highest BCUT2D eigenvalue weighted by molar-refractivity contribution is 7.07. The normalized spacial score (nSPS) is 17.5. The minimum Gasteiger partial charge on any atom is -0.459 e. The molecule has 0 amide bonds. The summed E-state index contributed by atoms with van der Waals surface area (Å²) in [5, 5.41) is 11.9. The summed E-state index contributed by atoms with van der Waals surface area (Å²) in [6.07, 6.45) is 3.34. The number of hydrogen-bond donors (Lipinski definition) is 0. The van der Waals surface area contributed by atoms with Crippen LogP contribution in [0, 0.1) is 10.1 Å². The molecule has 5 rings (SSSR count). The van der Waals surface area contributed by atoms with E-state index < -0.39 is 12.0 Å². The summed E-state index contributed by atoms with van der Waals surface area (Å²) >= 11 is 1.19. The smallest absolute Gasteiger partial charge is 0.338 e. The Hall–Kier alpha value is -4.05. The van der Waals surface area contributed by atoms with Gasteiger partial charge in [0.05, 0.1) is 32.9 Å². The second-order valence-corrected chi connectivity index (χ2v) is 10.7. The van der Waals surface area contributed by atoms with Gasteiger partial charge in [0.15, 0.2) is 4.80 Å². The number of thiazole rings is 1. The lowest BCUT2D eigenvalue weighted by atomic mass is 9.96. The van der Waals surface area contributed by atoms with Crippen molar-refractivity contribution in [1.82, 2.24) is 4.57 Å². The number of hydrogen-bond acceptors (Lipinski definition) is 8. The van der Waals surface area contributed by atoms with E-state index >= 15 is 0 Å². The van der Waals surface area contributed by atoms with Gasteiger partial charge in [-0.1, -0.05) is 47.7 Å². The van der Waals surface area contributed by atoms with Crippen molar-refractivity contribution < 1.29 is 14.5 Å². The summed E-state index contributed by atoms with van der Waals surface area (Å²) in [5.74, 6) is -0.516. The van der Waals surface area contributed by atoms with Gasteiger partial charge in [0.2, 0.25) is 0 Å². The Morgan fingerprint density at radius 3 is 2.55 bits per heavy atom. The van der Waals surface area contributed by atoms with Crippen molar-refractivity contribution >= 4 is 34.8 Å². The molecular formula is C28H28N4O5S. The van der Waals surface area contributed by atoms with Gasteiger partial charge in [-0.25, -0.2) is 9.79 Å². The zero-order chi connectivity index (χ0) is 27.0. The molecule has 2 aliphatic rings. The first-order chi connectivity index (χ1) is 18.2. The molecule has 2 aromatic carbocycles. The van der Waals surface area contributed by atoms with Crippen LogP contribution in [0.4, 0.5) is 11.4 Å². The van der Waals surface area contributed by atoms with Crippen molar-refractivity contribution in [2.75, 3.05) is 18.0 Å². The van der Waals surface area contributed by atoms with Crippen molar-refractivity contribution in [3.63, 3.8) is 0 Å². The lowest BCUT2D eigenvalue weighted by Crippen LogP contribution is -2.40. The van der Waals surface area contributed by atoms with Crippen molar-refractivity contribution in [3.8, 4) is 0 Å². The van der Waals surface area contributed by atoms with Gasteiger partial charge in [-0.15, -0.1) is 0 Å². The molecule has 1 aromatic heterocycles. The number of ether oxygens (including phenoxy) is 1. The average molecular weight is 533 g/mol. The third kappa shape index (κ3) is 4.79. The van der Waals surface area contributed by atoms with Crippen LogP contribution in [0.2, 0.25) is 0 Å². The largest absolute Gasteiger partial charge is 0.459 e. The average Bonchev–Trinajstić information content (AvgIpc) is 3.52. The topological polar surface area (TPSA) is 107 Å². The minimum atomic E-state index is -0.701. The maximum Gasteiger partial charge on any atom is 0.338 e. The van der Waals surface area contributed by atoms with Crippen LogP contribution in [0.25, 0.3) is 6.08 Å². The Balaban J connectivity index is 1.64. The summed E-state index contributed by atoms with van der Waals surface area (Å²) in [7, 11) is 0. The van der Waals surface area contributed by atoms with Crippen LogP contribution in [0.3, 0.4) is 0 Å². The molecule has 38 heavy (non-hydrogen) atoms. The minimum absolute atomic E-state index is 0.0187. The number of anilines is 1. The molecule has 0 N–H and O–H groups in total. The lowest BCUT2D eigenvalue weighted by Gasteiger charge is -2.25. The van der Waals surface area contributed by atoms with Crippen LogP contribution in [0.1, 0.15) is 50.8 Å². The summed E-state index contributed by atoms with van der Waals surface area (Å²) in [6.45, 7) is 6.87. The third-order valence-corrected chi connectivity index (χ3v) is 7.62. The standard InChI is InChI=1S/C28H28N4O5S/c1-17(2)37-27(34)24-18(3)29-28-31(25(24)20-9-5-4-6-10-20)26(33)23(38-28)16-19-11-12-21(22(15-19)32(35)36)30-13-7-8-14-30/h4-6,9-12,15-17,25H,7-8,13-14H2,1-3H3. The number of allylic oxidation sites excluding steroid dienone is 1. The summed E-state index contributed by atoms with van der Waals surface area (Å²) < 4.78 is 7.40. The number of fused-ring (bicyclic) bond motifs is 1. The number of rotatable bonds is 6. The Bertz CT molecular complexity index is 1610. The second-order valence-electron chi connectivity index (χ2n) is 9.65. The predicted molar refractivity (Wildman–Crippen MR) is 146 cm³/mol. The molecule has 1 fully saturated rings. The van der Waals surface area contributed by atoms with E-state index in [0.717, 1.165) is 31.5 Å². The van der Waals surface area contributed by atoms with E-state index in [1.54, 1.807) is 39.0 Å². The molecule has 0 bridgehead atoms. The van der Waals surface area contributed by atoms with Crippen molar-refractivity contribution in [2.45, 2.75) is 45.8 Å². The van der Waals surface area contributed by atoms with Gasteiger partial charge >= 0.3 is 5.97 Å². The van der Waals surface area contributed by atoms with Gasteiger partial charge < -0.3 is 9.64 Å². The lowest BCUT2D eigenvalue weighted by molar-refractivity contribution is -0.384. The van der Waals surface area contributed by atoms with E-state index in [9.17, 15) is 19.7 Å². The number of nitro groups is 1. The van der Waals surface area contributed by atoms with E-state index in [1.807, 2.05) is 35.2 Å². The fourth-order valence-electron chi connectivity index (χ4n) is 4.96. The Morgan fingerprint density at radius 1 is 1.18 bits per heavy atom. The van der Waals surface area contributed by atoms with Gasteiger partial charge in [-0.2, -0.15) is 0 Å². The Morgan fingerprint density at radius 2 is 1.89 bits per heavy atom. The fourth-order valence-corrected chi connectivity index (χ4v) is 6.01. The molecule has 1 unspecified atom stereocenters. The molecule has 10 heteroatoms. The molecule has 3 heterocycles. The van der Waals surface area contributed by atoms with Crippen LogP contribution < -0.4 is 19.8 Å². The van der Waals surface area contributed by atoms with Gasteiger partial charge in [-0.3, -0.25) is 19.5 Å². The number of carbonyl (C=O) groups excluding carboxylic acids is 1. The molecule has 1 saturated heterocycles. The molecule has 3 aromatic rings. The van der Waals surface area contributed by atoms with Gasteiger partial charge in [0.25, 0.3) is 11.2 Å². The van der Waals surface area contributed by atoms with Crippen LogP contribution in [-0.4, -0.2) is 34.7 Å². The monoisotopic (exact) mass is 532 g/mol. The summed E-state index contributed by atoms with van der Waals surface area (Å²) in [6, 6.07) is 13.7. The molecule has 196 valence electrons. The summed E-state index contributed by atoms with van der Waals surface area (Å²) in [5.41, 5.74) is 2.41. The van der Waals surface area contributed by atoms with Crippen molar-refractivity contribution in [1.29, 1.82) is 0 Å². The molecule has 0 aliphatic carbocycles. The van der Waals surface area contributed by atoms with E-state index in [4.69, 9.17) is 4.74 Å². The highest BCUT2D eigenvalue weighted by Gasteiger charge is 2.33. The third-order valence-electron chi connectivity index (χ3n) is 6.64. The first-order valence-electron chi connectivity index (χ1n) is 12.6. The van der Waals surface area contributed by atoms with Crippen LogP contribution >= 0.6 is 11.3 Å². The summed E-state index contributed by atoms with van der Waals surface area (Å²) in [4.78, 5) is 45.4. The van der Waals surface area contributed by atoms with E-state index in [1.165, 1.54) is 22.0 Å². The van der Waals surface area contributed by atoms with Crippen LogP contribution in [-0.2, 0) is 9.53 Å². The zero-order valence-corrected chi connectivity index (χ0v) is 22.2. The van der Waals surface area contributed by atoms with E-state index in [-0.39, 0.29) is 22.3 Å². The second kappa shape index (κ2) is 10.4. The Labute approximate surface area is 223 Å². The molecule has 1 atom stereocenters. The Kier molecular flexibility index (Phi) is 6.98. The maximum atomic E-state index is 13.8. The highest BCUT2D eigenvalue weighted by atomic mass is 32.1. The molecule has 0 saturated carbocycles. The molecular weight excluding hydrogens is 504 g/mol. The van der Waals surface area contributed by atoms with Crippen molar-refractivity contribution in [3.05, 3.63) is 101 Å². The molecule has 0 spiro atoms. The van der Waals surface area contributed by atoms with Crippen LogP contribution in [0.5, 0.6) is 0 Å². The number of aromatic nitrogens is 1. The molecule has 2 aliphatic heterocycles. The number of nitrogens with zero attached hydrogens (tertiary/aromatic N) is 4. The van der Waals surface area contributed by atoms with Crippen molar-refractivity contribution in [2.24, 2.45) is 4.99 Å². The van der Waals surface area contributed by atoms with Gasteiger partial charge in [-0.05, 0) is 56.9 Å². The number of carbonyl (C=O) groups is 1. The number of esters is 1. The molecule has 0 radical (unpaired) electrons. The first kappa shape index (κ1) is 25.6. The van der Waals surface area contributed by atoms with Gasteiger partial charge in [0, 0.05) is 19.2 Å². The zero-order valence-electron chi connectivity index (χ0n) is 21.4. The van der Waals surface area contributed by atoms with E-state index in [0.29, 0.717) is 31.9 Å². The number of benzene rings is 2. The predicted octanol–water partition coefficient (Wildman–Crippen LogP) is 3.70. The maximum absolute atomic E-state index is 13.8. The first-order valence-corrected chi connectivity index (χ1v) is 13.4. The van der Waals surface area contributed by atoms with Crippen LogP contribution in [0.15, 0.2) is 69.6 Å². The quantitative estimate of drug-likeness (QED) is 0.272. The highest BCUT2D eigenvalue weighted by Crippen LogP contribution is 2.33. The fraction of sp³-hybridized carbons (Fsp3) is 0.321. The SMILES string of the molecule is CC1=C(C(=O)OC(C)C)C(c2ccccc2)n2c(sc(=Cc3ccc(N4CCCC4)c([N+](=O)[O-])c3)c2=O)=N1. The number of nitro benzene ring substituents is 1. The molecule has 9 nitrogen and oxygen atoms in total. The van der Waals surface area contributed by atoms with E-state index in [2.05, 4.69) is 4.99 Å².